The van der Waals surface area contributed by atoms with E-state index < -0.39 is 29.5 Å². The molecule has 0 heterocycles. The minimum Gasteiger partial charge on any atom is -0.368 e. The van der Waals surface area contributed by atoms with Crippen LogP contribution in [0.2, 0.25) is 0 Å². The number of amides is 2. The average Bonchev–Trinajstić information content (AvgIpc) is 2.41. The summed E-state index contributed by atoms with van der Waals surface area (Å²) in [6, 6.07) is 1.77. The minimum absolute atomic E-state index is 0.0484. The van der Waals surface area contributed by atoms with Crippen molar-refractivity contribution in [1.82, 2.24) is 5.32 Å². The summed E-state index contributed by atoms with van der Waals surface area (Å²) in [6.45, 7) is 1.69. The number of halogens is 2. The highest BCUT2D eigenvalue weighted by Crippen LogP contribution is 2.09. The van der Waals surface area contributed by atoms with Crippen molar-refractivity contribution >= 4 is 17.6 Å². The molecular weight excluding hydrogens is 294 g/mol. The van der Waals surface area contributed by atoms with E-state index in [2.05, 4.69) is 5.32 Å². The third kappa shape index (κ3) is 5.99. The number of Topliss-reactive ketones (excluding diaryl/α,β-unsaturated/α-hetero) is 1. The molecule has 0 aliphatic carbocycles. The second-order valence-corrected chi connectivity index (χ2v) is 4.91. The predicted molar refractivity (Wildman–Crippen MR) is 75.7 cm³/mol. The molecule has 0 aliphatic rings. The summed E-state index contributed by atoms with van der Waals surface area (Å²) in [5, 5.41) is 2.37. The number of primary amides is 1. The lowest BCUT2D eigenvalue weighted by atomic mass is 10.1. The Bertz CT molecular complexity index is 556. The Morgan fingerprint density at radius 1 is 1.18 bits per heavy atom. The number of hydrogen-bond donors (Lipinski definition) is 2. The molecule has 0 aliphatic heterocycles. The lowest BCUT2D eigenvalue weighted by Gasteiger charge is -2.15. The van der Waals surface area contributed by atoms with Crippen LogP contribution in [0.5, 0.6) is 0 Å². The lowest BCUT2D eigenvalue weighted by Crippen LogP contribution is -2.45. The maximum Gasteiger partial charge on any atom is 0.240 e. The molecule has 1 atom stereocenters. The highest BCUT2D eigenvalue weighted by atomic mass is 19.1. The van der Waals surface area contributed by atoms with Gasteiger partial charge in [-0.2, -0.15) is 0 Å². The summed E-state index contributed by atoms with van der Waals surface area (Å²) in [4.78, 5) is 34.3. The van der Waals surface area contributed by atoms with Gasteiger partial charge in [0.05, 0.1) is 6.42 Å². The number of nitrogens with two attached hydrogens (primary N) is 1. The second kappa shape index (κ2) is 8.21. The van der Waals surface area contributed by atoms with Gasteiger partial charge >= 0.3 is 0 Å². The third-order valence-corrected chi connectivity index (χ3v) is 3.07. The molecule has 0 radical (unpaired) electrons. The van der Waals surface area contributed by atoms with Crippen LogP contribution in [0, 0.1) is 11.6 Å². The highest BCUT2D eigenvalue weighted by Gasteiger charge is 2.19. The summed E-state index contributed by atoms with van der Waals surface area (Å²) < 4.78 is 26.1. The van der Waals surface area contributed by atoms with Crippen LogP contribution >= 0.6 is 0 Å². The largest absolute Gasteiger partial charge is 0.368 e. The Balaban J connectivity index is 2.63. The van der Waals surface area contributed by atoms with Crippen molar-refractivity contribution in [3.05, 3.63) is 35.4 Å². The quantitative estimate of drug-likeness (QED) is 0.757. The van der Waals surface area contributed by atoms with E-state index in [1.807, 2.05) is 0 Å². The fraction of sp³-hybridized carbons (Fsp3) is 0.400. The number of rotatable bonds is 8. The van der Waals surface area contributed by atoms with Crippen molar-refractivity contribution in [2.75, 3.05) is 0 Å². The molecule has 3 N–H and O–H groups in total. The Kier molecular flexibility index (Phi) is 6.62. The van der Waals surface area contributed by atoms with Gasteiger partial charge in [-0.25, -0.2) is 8.78 Å². The topological polar surface area (TPSA) is 89.3 Å². The summed E-state index contributed by atoms with van der Waals surface area (Å²) in [5.74, 6) is -2.99. The first kappa shape index (κ1) is 17.7. The molecular formula is C15H18F2N2O3. The molecule has 5 nitrogen and oxygen atoms in total. The molecule has 1 aromatic rings. The van der Waals surface area contributed by atoms with E-state index in [9.17, 15) is 23.2 Å². The molecule has 120 valence electrons. The first-order valence-corrected chi connectivity index (χ1v) is 6.87. The van der Waals surface area contributed by atoms with E-state index in [-0.39, 0.29) is 30.6 Å². The van der Waals surface area contributed by atoms with Gasteiger partial charge < -0.3 is 11.1 Å². The number of carbonyl (C=O) groups is 3. The van der Waals surface area contributed by atoms with E-state index in [4.69, 9.17) is 5.73 Å². The van der Waals surface area contributed by atoms with Gasteiger partial charge in [0.25, 0.3) is 0 Å². The Labute approximate surface area is 126 Å². The van der Waals surface area contributed by atoms with Gasteiger partial charge in [0.2, 0.25) is 11.8 Å². The van der Waals surface area contributed by atoms with E-state index in [1.165, 1.54) is 0 Å². The van der Waals surface area contributed by atoms with Crippen LogP contribution in [0.1, 0.15) is 31.7 Å². The molecule has 1 aromatic carbocycles. The van der Waals surface area contributed by atoms with E-state index in [0.717, 1.165) is 12.1 Å². The van der Waals surface area contributed by atoms with Gasteiger partial charge in [0.1, 0.15) is 23.5 Å². The normalized spacial score (nSPS) is 11.8. The zero-order valence-corrected chi connectivity index (χ0v) is 12.2. The zero-order valence-electron chi connectivity index (χ0n) is 12.2. The fourth-order valence-electron chi connectivity index (χ4n) is 1.91. The molecule has 7 heteroatoms. The van der Waals surface area contributed by atoms with Crippen molar-refractivity contribution < 1.29 is 23.2 Å². The summed E-state index contributed by atoms with van der Waals surface area (Å²) in [6.07, 6.45) is 0.270. The van der Waals surface area contributed by atoms with Crippen LogP contribution in [0.15, 0.2) is 18.2 Å². The molecule has 1 rings (SSSR count). The number of benzene rings is 1. The Hall–Kier alpha value is -2.31. The fourth-order valence-corrected chi connectivity index (χ4v) is 1.91. The van der Waals surface area contributed by atoms with Crippen molar-refractivity contribution in [2.24, 2.45) is 5.73 Å². The predicted octanol–water partition coefficient (Wildman–Crippen LogP) is 1.24. The number of ketones is 1. The SMILES string of the molecule is CCC(=O)CC[C@H](NC(=O)Cc1cc(F)cc(F)c1)C(N)=O. The third-order valence-electron chi connectivity index (χ3n) is 3.07. The summed E-state index contributed by atoms with van der Waals surface area (Å²) in [5.41, 5.74) is 5.31. The van der Waals surface area contributed by atoms with Gasteiger partial charge in [0, 0.05) is 18.9 Å². The van der Waals surface area contributed by atoms with Crippen molar-refractivity contribution in [3.8, 4) is 0 Å². The Morgan fingerprint density at radius 3 is 2.27 bits per heavy atom. The van der Waals surface area contributed by atoms with Crippen LogP contribution in [0.25, 0.3) is 0 Å². The standard InChI is InChI=1S/C15H18F2N2O3/c1-2-12(20)3-4-13(15(18)22)19-14(21)7-9-5-10(16)8-11(17)6-9/h5-6,8,13H,2-4,7H2,1H3,(H2,18,22)(H,19,21)/t13-/m0/s1. The number of hydrogen-bond acceptors (Lipinski definition) is 3. The lowest BCUT2D eigenvalue weighted by molar-refractivity contribution is -0.127. The van der Waals surface area contributed by atoms with Gasteiger partial charge in [-0.05, 0) is 24.1 Å². The molecule has 2 amide bonds. The summed E-state index contributed by atoms with van der Waals surface area (Å²) >= 11 is 0. The van der Waals surface area contributed by atoms with Crippen LogP contribution in [0.4, 0.5) is 8.78 Å². The van der Waals surface area contributed by atoms with Crippen molar-refractivity contribution in [3.63, 3.8) is 0 Å². The molecule has 0 unspecified atom stereocenters. The van der Waals surface area contributed by atoms with Gasteiger partial charge in [-0.3, -0.25) is 14.4 Å². The van der Waals surface area contributed by atoms with Gasteiger partial charge in [0.15, 0.2) is 0 Å². The molecule has 0 saturated carbocycles. The van der Waals surface area contributed by atoms with E-state index in [1.54, 1.807) is 6.92 Å². The van der Waals surface area contributed by atoms with Gasteiger partial charge in [-0.15, -0.1) is 0 Å². The van der Waals surface area contributed by atoms with E-state index in [0.29, 0.717) is 12.5 Å². The molecule has 0 bridgehead atoms. The molecule has 0 fully saturated rings. The molecule has 0 saturated heterocycles. The maximum absolute atomic E-state index is 13.0. The second-order valence-electron chi connectivity index (χ2n) is 4.91. The van der Waals surface area contributed by atoms with Gasteiger partial charge in [-0.1, -0.05) is 6.92 Å². The average molecular weight is 312 g/mol. The first-order valence-electron chi connectivity index (χ1n) is 6.87. The van der Waals surface area contributed by atoms with Crippen LogP contribution < -0.4 is 11.1 Å². The number of carbonyl (C=O) groups excluding carboxylic acids is 3. The minimum atomic E-state index is -0.985. The Morgan fingerprint density at radius 2 is 1.77 bits per heavy atom. The smallest absolute Gasteiger partial charge is 0.240 e. The maximum atomic E-state index is 13.0. The summed E-state index contributed by atoms with van der Waals surface area (Å²) in [7, 11) is 0. The number of nitrogens with one attached hydrogen (secondary N) is 1. The van der Waals surface area contributed by atoms with E-state index >= 15 is 0 Å². The van der Waals surface area contributed by atoms with Crippen LogP contribution in [-0.4, -0.2) is 23.6 Å². The highest BCUT2D eigenvalue weighted by molar-refractivity contribution is 5.88. The van der Waals surface area contributed by atoms with Crippen LogP contribution in [0.3, 0.4) is 0 Å². The monoisotopic (exact) mass is 312 g/mol. The molecule has 0 spiro atoms. The van der Waals surface area contributed by atoms with Crippen LogP contribution in [-0.2, 0) is 20.8 Å². The van der Waals surface area contributed by atoms with Crippen molar-refractivity contribution in [2.45, 2.75) is 38.6 Å². The first-order chi connectivity index (χ1) is 10.3. The van der Waals surface area contributed by atoms with Crippen molar-refractivity contribution in [1.29, 1.82) is 0 Å². The molecule has 22 heavy (non-hydrogen) atoms. The zero-order chi connectivity index (χ0) is 16.7. The molecule has 0 aromatic heterocycles.